The van der Waals surface area contributed by atoms with Gasteiger partial charge in [0.25, 0.3) is 0 Å². The molecule has 0 radical (unpaired) electrons. The molecule has 1 N–H and O–H groups in total. The van der Waals surface area contributed by atoms with Gasteiger partial charge in [0, 0.05) is 0 Å². The average Bonchev–Trinajstić information content (AvgIpc) is 2.61. The first-order valence-corrected chi connectivity index (χ1v) is 7.91. The van der Waals surface area contributed by atoms with Crippen LogP contribution in [0, 0.1) is 0 Å². The van der Waals surface area contributed by atoms with Gasteiger partial charge in [-0.05, 0) is 31.0 Å². The smallest absolute Gasteiger partial charge is 0.407 e. The zero-order chi connectivity index (χ0) is 17.4. The number of benzene rings is 2. The molecule has 1 amide bonds. The third-order valence-corrected chi connectivity index (χ3v) is 3.44. The Kier molecular flexibility index (Phi) is 6.37. The minimum atomic E-state index is -0.537. The molecule has 2 rings (SSSR count). The molecule has 24 heavy (non-hydrogen) atoms. The molecule has 1 unspecified atom stereocenters. The van der Waals surface area contributed by atoms with Crippen LogP contribution < -0.4 is 5.32 Å². The van der Waals surface area contributed by atoms with E-state index in [0.29, 0.717) is 11.1 Å². The number of alkyl carbamates (subject to hydrolysis) is 1. The van der Waals surface area contributed by atoms with Crippen LogP contribution in [0.4, 0.5) is 4.79 Å². The Bertz CT molecular complexity index is 685. The van der Waals surface area contributed by atoms with Gasteiger partial charge in [0.15, 0.2) is 0 Å². The van der Waals surface area contributed by atoms with Crippen LogP contribution in [-0.4, -0.2) is 25.3 Å². The fraction of sp³-hybridized carbons (Fsp3) is 0.263. The van der Waals surface area contributed by atoms with Crippen molar-refractivity contribution in [1.29, 1.82) is 0 Å². The molecule has 0 saturated heterocycles. The maximum Gasteiger partial charge on any atom is 0.407 e. The Balaban J connectivity index is 2.44. The van der Waals surface area contributed by atoms with E-state index in [1.54, 1.807) is 32.0 Å². The second kappa shape index (κ2) is 8.72. The van der Waals surface area contributed by atoms with Crippen LogP contribution in [0.3, 0.4) is 0 Å². The molecule has 0 fully saturated rings. The second-order valence-corrected chi connectivity index (χ2v) is 5.02. The van der Waals surface area contributed by atoms with Gasteiger partial charge in [-0.1, -0.05) is 48.5 Å². The minimum Gasteiger partial charge on any atom is -0.462 e. The monoisotopic (exact) mass is 327 g/mol. The maximum absolute atomic E-state index is 12.2. The van der Waals surface area contributed by atoms with E-state index < -0.39 is 18.1 Å². The summed E-state index contributed by atoms with van der Waals surface area (Å²) >= 11 is 0. The standard InChI is InChI=1S/C19H21NO4/c1-3-23-18(21)16-13-9-8-12-15(16)17(20-19(22)24-4-2)14-10-6-5-7-11-14/h5-13,17H,3-4H2,1-2H3,(H,20,22). The number of amides is 1. The largest absolute Gasteiger partial charge is 0.462 e. The number of hydrogen-bond donors (Lipinski definition) is 1. The van der Waals surface area contributed by atoms with Crippen molar-refractivity contribution in [2.24, 2.45) is 0 Å². The van der Waals surface area contributed by atoms with Crippen molar-refractivity contribution in [1.82, 2.24) is 5.32 Å². The highest BCUT2D eigenvalue weighted by Crippen LogP contribution is 2.26. The summed E-state index contributed by atoms with van der Waals surface area (Å²) in [5.74, 6) is -0.417. The van der Waals surface area contributed by atoms with E-state index in [-0.39, 0.29) is 13.2 Å². The normalized spacial score (nSPS) is 11.4. The second-order valence-electron chi connectivity index (χ2n) is 5.02. The van der Waals surface area contributed by atoms with Crippen molar-refractivity contribution in [2.75, 3.05) is 13.2 Å². The quantitative estimate of drug-likeness (QED) is 0.822. The van der Waals surface area contributed by atoms with E-state index in [1.807, 2.05) is 36.4 Å². The van der Waals surface area contributed by atoms with Crippen molar-refractivity contribution in [2.45, 2.75) is 19.9 Å². The van der Waals surface area contributed by atoms with Gasteiger partial charge in [0.2, 0.25) is 0 Å². The Labute approximate surface area is 141 Å². The number of ether oxygens (including phenoxy) is 2. The number of nitrogens with one attached hydrogen (secondary N) is 1. The molecular formula is C19H21NO4. The van der Waals surface area contributed by atoms with Gasteiger partial charge in [-0.25, -0.2) is 9.59 Å². The molecule has 0 spiro atoms. The topological polar surface area (TPSA) is 64.6 Å². The molecule has 5 heteroatoms. The zero-order valence-electron chi connectivity index (χ0n) is 13.8. The first kappa shape index (κ1) is 17.5. The predicted octanol–water partition coefficient (Wildman–Crippen LogP) is 3.70. The van der Waals surface area contributed by atoms with Gasteiger partial charge >= 0.3 is 12.1 Å². The molecule has 1 atom stereocenters. The molecule has 0 heterocycles. The Morgan fingerprint density at radius 2 is 1.54 bits per heavy atom. The lowest BCUT2D eigenvalue weighted by Gasteiger charge is -2.21. The van der Waals surface area contributed by atoms with Gasteiger partial charge in [0.05, 0.1) is 24.8 Å². The summed E-state index contributed by atoms with van der Waals surface area (Å²) in [5, 5.41) is 2.82. The number of hydrogen-bond acceptors (Lipinski definition) is 4. The van der Waals surface area contributed by atoms with Gasteiger partial charge < -0.3 is 14.8 Å². The van der Waals surface area contributed by atoms with Crippen LogP contribution in [-0.2, 0) is 9.47 Å². The van der Waals surface area contributed by atoms with Crippen molar-refractivity contribution >= 4 is 12.1 Å². The lowest BCUT2D eigenvalue weighted by molar-refractivity contribution is 0.0524. The van der Waals surface area contributed by atoms with Crippen LogP contribution >= 0.6 is 0 Å². The van der Waals surface area contributed by atoms with Crippen LogP contribution in [0.5, 0.6) is 0 Å². The molecular weight excluding hydrogens is 306 g/mol. The van der Waals surface area contributed by atoms with E-state index >= 15 is 0 Å². The first-order valence-electron chi connectivity index (χ1n) is 7.91. The third kappa shape index (κ3) is 4.35. The van der Waals surface area contributed by atoms with Gasteiger partial charge in [-0.15, -0.1) is 0 Å². The van der Waals surface area contributed by atoms with E-state index in [0.717, 1.165) is 5.56 Å². The Hall–Kier alpha value is -2.82. The third-order valence-electron chi connectivity index (χ3n) is 3.44. The SMILES string of the molecule is CCOC(=O)NC(c1ccccc1)c1ccccc1C(=O)OCC. The number of carbonyl (C=O) groups is 2. The fourth-order valence-corrected chi connectivity index (χ4v) is 2.42. The van der Waals surface area contributed by atoms with E-state index in [9.17, 15) is 9.59 Å². The molecule has 2 aromatic carbocycles. The van der Waals surface area contributed by atoms with Crippen molar-refractivity contribution < 1.29 is 19.1 Å². The summed E-state index contributed by atoms with van der Waals surface area (Å²) < 4.78 is 10.1. The molecule has 0 aliphatic rings. The number of rotatable bonds is 6. The molecule has 0 bridgehead atoms. The minimum absolute atomic E-state index is 0.271. The van der Waals surface area contributed by atoms with E-state index in [1.165, 1.54) is 0 Å². The molecule has 0 aliphatic carbocycles. The zero-order valence-corrected chi connectivity index (χ0v) is 13.8. The molecule has 5 nitrogen and oxygen atoms in total. The molecule has 126 valence electrons. The Morgan fingerprint density at radius 1 is 0.917 bits per heavy atom. The molecule has 0 aromatic heterocycles. The van der Waals surface area contributed by atoms with Gasteiger partial charge in [-0.3, -0.25) is 0 Å². The van der Waals surface area contributed by atoms with Gasteiger partial charge in [-0.2, -0.15) is 0 Å². The number of esters is 1. The summed E-state index contributed by atoms with van der Waals surface area (Å²) in [4.78, 5) is 24.2. The summed E-state index contributed by atoms with van der Waals surface area (Å²) in [6.45, 7) is 4.05. The predicted molar refractivity (Wildman–Crippen MR) is 90.8 cm³/mol. The number of carbonyl (C=O) groups excluding carboxylic acids is 2. The Morgan fingerprint density at radius 3 is 2.21 bits per heavy atom. The van der Waals surface area contributed by atoms with Crippen LogP contribution in [0.2, 0.25) is 0 Å². The highest BCUT2D eigenvalue weighted by Gasteiger charge is 2.23. The summed E-state index contributed by atoms with van der Waals surface area (Å²) in [6, 6.07) is 16.0. The van der Waals surface area contributed by atoms with Crippen LogP contribution in [0.15, 0.2) is 54.6 Å². The lowest BCUT2D eigenvalue weighted by Crippen LogP contribution is -2.31. The van der Waals surface area contributed by atoms with Crippen molar-refractivity contribution in [3.8, 4) is 0 Å². The highest BCUT2D eigenvalue weighted by atomic mass is 16.5. The molecule has 2 aromatic rings. The summed E-state index contributed by atoms with van der Waals surface area (Å²) in [7, 11) is 0. The molecule has 0 aliphatic heterocycles. The first-order chi connectivity index (χ1) is 11.7. The molecule has 0 saturated carbocycles. The van der Waals surface area contributed by atoms with E-state index in [2.05, 4.69) is 5.32 Å². The van der Waals surface area contributed by atoms with Crippen molar-refractivity contribution in [3.05, 3.63) is 71.3 Å². The average molecular weight is 327 g/mol. The summed E-state index contributed by atoms with van der Waals surface area (Å²) in [5.41, 5.74) is 1.93. The van der Waals surface area contributed by atoms with Crippen molar-refractivity contribution in [3.63, 3.8) is 0 Å². The van der Waals surface area contributed by atoms with Crippen LogP contribution in [0.25, 0.3) is 0 Å². The van der Waals surface area contributed by atoms with Crippen LogP contribution in [0.1, 0.15) is 41.4 Å². The summed E-state index contributed by atoms with van der Waals surface area (Å²) in [6.07, 6.45) is -0.537. The van der Waals surface area contributed by atoms with E-state index in [4.69, 9.17) is 9.47 Å². The fourth-order valence-electron chi connectivity index (χ4n) is 2.42. The lowest BCUT2D eigenvalue weighted by atomic mass is 9.94. The highest BCUT2D eigenvalue weighted by molar-refractivity contribution is 5.91. The van der Waals surface area contributed by atoms with Gasteiger partial charge in [0.1, 0.15) is 0 Å². The maximum atomic E-state index is 12.2.